The number of hydrogen-bond donors (Lipinski definition) is 1. The Morgan fingerprint density at radius 3 is 3.11 bits per heavy atom. The predicted molar refractivity (Wildman–Crippen MR) is 81.0 cm³/mol. The maximum atomic E-state index is 5.95. The minimum Gasteiger partial charge on any atom is -0.384 e. The number of nitrogens with zero attached hydrogens (tertiary/aromatic N) is 1. The van der Waals surface area contributed by atoms with Crippen LogP contribution in [0.15, 0.2) is 24.3 Å². The molecule has 0 bridgehead atoms. The molecule has 2 rings (SSSR count). The van der Waals surface area contributed by atoms with Crippen molar-refractivity contribution in [3.05, 3.63) is 29.3 Å². The molecule has 0 saturated carbocycles. The van der Waals surface area contributed by atoms with Crippen molar-refractivity contribution in [1.82, 2.24) is 4.90 Å². The van der Waals surface area contributed by atoms with E-state index in [4.69, 9.17) is 16.3 Å². The molecule has 1 aliphatic heterocycles. The average Bonchev–Trinajstić information content (AvgIpc) is 2.40. The van der Waals surface area contributed by atoms with Crippen LogP contribution >= 0.6 is 11.6 Å². The van der Waals surface area contributed by atoms with Crippen LogP contribution in [0.1, 0.15) is 12.8 Å². The van der Waals surface area contributed by atoms with Crippen molar-refractivity contribution in [3.63, 3.8) is 0 Å². The van der Waals surface area contributed by atoms with Crippen molar-refractivity contribution >= 4 is 17.3 Å². The molecule has 1 aromatic carbocycles. The van der Waals surface area contributed by atoms with Crippen LogP contribution in [0.5, 0.6) is 0 Å². The summed E-state index contributed by atoms with van der Waals surface area (Å²) in [5, 5.41) is 4.17. The van der Waals surface area contributed by atoms with E-state index in [0.717, 1.165) is 43.6 Å². The van der Waals surface area contributed by atoms with Gasteiger partial charge < -0.3 is 15.0 Å². The minimum atomic E-state index is 0.699. The quantitative estimate of drug-likeness (QED) is 0.868. The van der Waals surface area contributed by atoms with E-state index in [9.17, 15) is 0 Å². The van der Waals surface area contributed by atoms with Gasteiger partial charge in [0.05, 0.1) is 6.61 Å². The van der Waals surface area contributed by atoms with Crippen LogP contribution in [-0.2, 0) is 4.74 Å². The van der Waals surface area contributed by atoms with Gasteiger partial charge in [-0.15, -0.1) is 0 Å². The zero-order chi connectivity index (χ0) is 13.5. The Hall–Kier alpha value is -0.770. The molecule has 0 aromatic heterocycles. The summed E-state index contributed by atoms with van der Waals surface area (Å²) in [4.78, 5) is 2.37. The smallest absolute Gasteiger partial charge is 0.0506 e. The van der Waals surface area contributed by atoms with Crippen molar-refractivity contribution in [2.75, 3.05) is 45.2 Å². The molecule has 106 valence electrons. The highest BCUT2D eigenvalue weighted by Gasteiger charge is 2.15. The number of benzene rings is 1. The first kappa shape index (κ1) is 14.6. The van der Waals surface area contributed by atoms with E-state index in [1.807, 2.05) is 24.3 Å². The summed E-state index contributed by atoms with van der Waals surface area (Å²) in [7, 11) is 2.17. The highest BCUT2D eigenvalue weighted by Crippen LogP contribution is 2.15. The fourth-order valence-corrected chi connectivity index (χ4v) is 2.66. The summed E-state index contributed by atoms with van der Waals surface area (Å²) < 4.78 is 5.51. The molecular formula is C15H23ClN2O. The summed E-state index contributed by atoms with van der Waals surface area (Å²) >= 11 is 5.95. The van der Waals surface area contributed by atoms with Gasteiger partial charge in [0.1, 0.15) is 0 Å². The van der Waals surface area contributed by atoms with Crippen LogP contribution in [0.4, 0.5) is 5.69 Å². The number of rotatable bonds is 6. The third-order valence-electron chi connectivity index (χ3n) is 3.47. The lowest BCUT2D eigenvalue weighted by Gasteiger charge is -2.27. The van der Waals surface area contributed by atoms with E-state index in [2.05, 4.69) is 17.3 Å². The zero-order valence-electron chi connectivity index (χ0n) is 11.6. The maximum Gasteiger partial charge on any atom is 0.0506 e. The van der Waals surface area contributed by atoms with Crippen molar-refractivity contribution in [2.24, 2.45) is 5.92 Å². The van der Waals surface area contributed by atoms with Crippen molar-refractivity contribution < 1.29 is 4.74 Å². The Labute approximate surface area is 120 Å². The topological polar surface area (TPSA) is 24.5 Å². The molecule has 0 radical (unpaired) electrons. The van der Waals surface area contributed by atoms with E-state index < -0.39 is 0 Å². The molecule has 1 aromatic rings. The molecule has 0 spiro atoms. The molecule has 4 heteroatoms. The summed E-state index contributed by atoms with van der Waals surface area (Å²) in [6.45, 7) is 4.95. The standard InChI is InChI=1S/C15H23ClN2O/c1-18(11-13-4-3-9-19-12-13)8-7-17-15-6-2-5-14(16)10-15/h2,5-6,10,13,17H,3-4,7-9,11-12H2,1H3. The number of anilines is 1. The van der Waals surface area contributed by atoms with E-state index in [1.165, 1.54) is 12.8 Å². The van der Waals surface area contributed by atoms with Crippen LogP contribution < -0.4 is 5.32 Å². The molecule has 3 nitrogen and oxygen atoms in total. The Balaban J connectivity index is 1.64. The second-order valence-corrected chi connectivity index (χ2v) is 5.72. The second kappa shape index (κ2) is 7.73. The van der Waals surface area contributed by atoms with E-state index in [1.54, 1.807) is 0 Å². The molecule has 1 aliphatic rings. The summed E-state index contributed by atoms with van der Waals surface area (Å²) in [5.74, 6) is 0.699. The summed E-state index contributed by atoms with van der Waals surface area (Å²) in [5.41, 5.74) is 1.09. The van der Waals surface area contributed by atoms with Crippen molar-refractivity contribution in [1.29, 1.82) is 0 Å². The maximum absolute atomic E-state index is 5.95. The molecule has 0 aliphatic carbocycles. The SMILES string of the molecule is CN(CCNc1cccc(Cl)c1)CC1CCCOC1. The van der Waals surface area contributed by atoms with Crippen molar-refractivity contribution in [2.45, 2.75) is 12.8 Å². The Bertz CT molecular complexity index is 380. The monoisotopic (exact) mass is 282 g/mol. The normalized spacial score (nSPS) is 19.6. The van der Waals surface area contributed by atoms with Gasteiger partial charge in [0.15, 0.2) is 0 Å². The molecular weight excluding hydrogens is 260 g/mol. The molecule has 0 amide bonds. The third kappa shape index (κ3) is 5.39. The van der Waals surface area contributed by atoms with Crippen LogP contribution in [-0.4, -0.2) is 44.8 Å². The van der Waals surface area contributed by atoms with Crippen LogP contribution in [0, 0.1) is 5.92 Å². The summed E-state index contributed by atoms with van der Waals surface area (Å²) in [6, 6.07) is 7.85. The summed E-state index contributed by atoms with van der Waals surface area (Å²) in [6.07, 6.45) is 2.51. The molecule has 1 N–H and O–H groups in total. The lowest BCUT2D eigenvalue weighted by Crippen LogP contribution is -2.33. The number of halogens is 1. The Morgan fingerprint density at radius 1 is 1.47 bits per heavy atom. The second-order valence-electron chi connectivity index (χ2n) is 5.28. The van der Waals surface area contributed by atoms with Crippen LogP contribution in [0.25, 0.3) is 0 Å². The van der Waals surface area contributed by atoms with Gasteiger partial charge in [0, 0.05) is 37.0 Å². The average molecular weight is 283 g/mol. The lowest BCUT2D eigenvalue weighted by molar-refractivity contribution is 0.0425. The highest BCUT2D eigenvalue weighted by atomic mass is 35.5. The van der Waals surface area contributed by atoms with E-state index in [-0.39, 0.29) is 0 Å². The van der Waals surface area contributed by atoms with Gasteiger partial charge >= 0.3 is 0 Å². The number of hydrogen-bond acceptors (Lipinski definition) is 3. The van der Waals surface area contributed by atoms with Gasteiger partial charge in [0.2, 0.25) is 0 Å². The van der Waals surface area contributed by atoms with Gasteiger partial charge in [-0.05, 0) is 44.0 Å². The lowest BCUT2D eigenvalue weighted by atomic mass is 10.0. The van der Waals surface area contributed by atoms with Gasteiger partial charge in [-0.25, -0.2) is 0 Å². The Kier molecular flexibility index (Phi) is 5.95. The molecule has 1 saturated heterocycles. The number of likely N-dealkylation sites (N-methyl/N-ethyl adjacent to an activating group) is 1. The first-order chi connectivity index (χ1) is 9.24. The van der Waals surface area contributed by atoms with E-state index in [0.29, 0.717) is 5.92 Å². The molecule has 1 fully saturated rings. The predicted octanol–water partition coefficient (Wildman–Crippen LogP) is 3.11. The van der Waals surface area contributed by atoms with Crippen LogP contribution in [0.3, 0.4) is 0 Å². The number of ether oxygens (including phenoxy) is 1. The van der Waals surface area contributed by atoms with Gasteiger partial charge in [-0.1, -0.05) is 17.7 Å². The molecule has 19 heavy (non-hydrogen) atoms. The first-order valence-electron chi connectivity index (χ1n) is 7.00. The van der Waals surface area contributed by atoms with Crippen LogP contribution in [0.2, 0.25) is 5.02 Å². The third-order valence-corrected chi connectivity index (χ3v) is 3.71. The minimum absolute atomic E-state index is 0.699. The van der Waals surface area contributed by atoms with Gasteiger partial charge in [-0.2, -0.15) is 0 Å². The first-order valence-corrected chi connectivity index (χ1v) is 7.37. The van der Waals surface area contributed by atoms with Crippen molar-refractivity contribution in [3.8, 4) is 0 Å². The number of nitrogens with one attached hydrogen (secondary N) is 1. The van der Waals surface area contributed by atoms with Gasteiger partial charge in [-0.3, -0.25) is 0 Å². The van der Waals surface area contributed by atoms with Gasteiger partial charge in [0.25, 0.3) is 0 Å². The fourth-order valence-electron chi connectivity index (χ4n) is 2.47. The van der Waals surface area contributed by atoms with E-state index >= 15 is 0 Å². The Morgan fingerprint density at radius 2 is 2.37 bits per heavy atom. The molecule has 1 unspecified atom stereocenters. The molecule has 1 heterocycles. The molecule has 1 atom stereocenters. The fraction of sp³-hybridized carbons (Fsp3) is 0.600. The largest absolute Gasteiger partial charge is 0.384 e. The highest BCUT2D eigenvalue weighted by molar-refractivity contribution is 6.30. The zero-order valence-corrected chi connectivity index (χ0v) is 12.3.